The van der Waals surface area contributed by atoms with Gasteiger partial charge in [-0.25, -0.2) is 4.99 Å². The van der Waals surface area contributed by atoms with Gasteiger partial charge in [0.15, 0.2) is 11.0 Å². The summed E-state index contributed by atoms with van der Waals surface area (Å²) in [5, 5.41) is 4.45. The first kappa shape index (κ1) is 30.2. The number of hydrogen-bond donors (Lipinski definition) is 1. The lowest BCUT2D eigenvalue weighted by molar-refractivity contribution is -0.140. The molecule has 0 aliphatic carbocycles. The number of methoxy groups -OCH3 is 1. The number of hydrogen-bond acceptors (Lipinski definition) is 9. The van der Waals surface area contributed by atoms with Gasteiger partial charge in [0, 0.05) is 17.0 Å². The van der Waals surface area contributed by atoms with Gasteiger partial charge in [0.25, 0.3) is 5.91 Å². The topological polar surface area (TPSA) is 91.3 Å². The third kappa shape index (κ3) is 6.55. The van der Waals surface area contributed by atoms with E-state index in [0.717, 1.165) is 27.4 Å². The van der Waals surface area contributed by atoms with Gasteiger partial charge >= 0.3 is 5.97 Å². The number of amidine groups is 1. The molecule has 0 saturated carbocycles. The average Bonchev–Trinajstić information content (AvgIpc) is 3.49. The van der Waals surface area contributed by atoms with Gasteiger partial charge in [-0.3, -0.25) is 19.3 Å². The quantitative estimate of drug-likeness (QED) is 0.159. The summed E-state index contributed by atoms with van der Waals surface area (Å²) in [4.78, 5) is 49.0. The minimum Gasteiger partial charge on any atom is -0.468 e. The maximum absolute atomic E-state index is 14.3. The second kappa shape index (κ2) is 13.4. The SMILES string of the molecule is CCNc1ccc(C(C)=O)cc1N=C1S/C(=C2\SC(C)=C(c3ccccc3)N2CC(=O)OC)C(=O)N1Cc1ccccc1. The third-order valence-electron chi connectivity index (χ3n) is 6.89. The van der Waals surface area contributed by atoms with E-state index in [1.807, 2.05) is 85.5 Å². The monoisotopic (exact) mass is 612 g/mol. The molecule has 3 aromatic rings. The fourth-order valence-electron chi connectivity index (χ4n) is 4.82. The van der Waals surface area contributed by atoms with Crippen LogP contribution in [0.15, 0.2) is 98.7 Å². The molecule has 2 aliphatic heterocycles. The number of amides is 1. The number of ketones is 1. The highest BCUT2D eigenvalue weighted by Gasteiger charge is 2.41. The number of benzene rings is 3. The van der Waals surface area contributed by atoms with Crippen molar-refractivity contribution in [1.29, 1.82) is 0 Å². The van der Waals surface area contributed by atoms with Crippen molar-refractivity contribution in [3.63, 3.8) is 0 Å². The van der Waals surface area contributed by atoms with Gasteiger partial charge in [0.2, 0.25) is 0 Å². The number of nitrogens with zero attached hydrogens (tertiary/aromatic N) is 3. The number of thioether (sulfide) groups is 2. The molecule has 5 rings (SSSR count). The molecular weight excluding hydrogens is 581 g/mol. The van der Waals surface area contributed by atoms with Crippen LogP contribution >= 0.6 is 23.5 Å². The Morgan fingerprint density at radius 3 is 2.30 bits per heavy atom. The largest absolute Gasteiger partial charge is 0.468 e. The van der Waals surface area contributed by atoms with Gasteiger partial charge < -0.3 is 15.0 Å². The van der Waals surface area contributed by atoms with Gasteiger partial charge in [-0.05, 0) is 61.9 Å². The summed E-state index contributed by atoms with van der Waals surface area (Å²) in [6.07, 6.45) is 0. The van der Waals surface area contributed by atoms with E-state index in [1.54, 1.807) is 17.0 Å². The Morgan fingerprint density at radius 1 is 0.953 bits per heavy atom. The van der Waals surface area contributed by atoms with Crippen molar-refractivity contribution >= 4 is 63.4 Å². The van der Waals surface area contributed by atoms with Crippen molar-refractivity contribution in [2.75, 3.05) is 25.5 Å². The predicted molar refractivity (Wildman–Crippen MR) is 175 cm³/mol. The second-order valence-corrected chi connectivity index (χ2v) is 12.0. The van der Waals surface area contributed by atoms with Crippen LogP contribution < -0.4 is 5.32 Å². The van der Waals surface area contributed by atoms with Crippen LogP contribution in [0.4, 0.5) is 11.4 Å². The Bertz CT molecular complexity index is 1650. The summed E-state index contributed by atoms with van der Waals surface area (Å²) in [5.74, 6) is -0.692. The van der Waals surface area contributed by atoms with Crippen LogP contribution in [0, 0.1) is 0 Å². The van der Waals surface area contributed by atoms with Crippen molar-refractivity contribution in [2.45, 2.75) is 27.3 Å². The molecule has 0 bridgehead atoms. The fourth-order valence-corrected chi connectivity index (χ4v) is 7.11. The number of anilines is 1. The summed E-state index contributed by atoms with van der Waals surface area (Å²) in [7, 11) is 1.36. The van der Waals surface area contributed by atoms with Gasteiger partial charge in [-0.15, -0.1) is 0 Å². The number of ether oxygens (including phenoxy) is 1. The Kier molecular flexibility index (Phi) is 9.37. The molecule has 220 valence electrons. The smallest absolute Gasteiger partial charge is 0.325 e. The molecule has 0 radical (unpaired) electrons. The molecule has 10 heteroatoms. The summed E-state index contributed by atoms with van der Waals surface area (Å²) in [6, 6.07) is 24.9. The first-order chi connectivity index (χ1) is 20.8. The summed E-state index contributed by atoms with van der Waals surface area (Å²) in [6.45, 7) is 6.42. The van der Waals surface area contributed by atoms with E-state index in [9.17, 15) is 14.4 Å². The first-order valence-electron chi connectivity index (χ1n) is 13.8. The normalized spacial score (nSPS) is 17.7. The third-order valence-corrected chi connectivity index (χ3v) is 9.20. The maximum atomic E-state index is 14.3. The molecule has 0 atom stereocenters. The first-order valence-corrected chi connectivity index (χ1v) is 15.5. The lowest BCUT2D eigenvalue weighted by Crippen LogP contribution is -2.30. The molecule has 3 aromatic carbocycles. The number of aliphatic imine (C=N–C) groups is 1. The maximum Gasteiger partial charge on any atom is 0.325 e. The van der Waals surface area contributed by atoms with E-state index in [-0.39, 0.29) is 18.2 Å². The lowest BCUT2D eigenvalue weighted by atomic mass is 10.1. The molecule has 2 heterocycles. The fraction of sp³-hybridized carbons (Fsp3) is 0.212. The summed E-state index contributed by atoms with van der Waals surface area (Å²) in [5.41, 5.74) is 4.61. The molecule has 2 aliphatic rings. The Labute approximate surface area is 259 Å². The molecular formula is C33H32N4O4S2. The predicted octanol–water partition coefficient (Wildman–Crippen LogP) is 6.86. The zero-order chi connectivity index (χ0) is 30.5. The molecule has 1 N–H and O–H groups in total. The number of nitrogens with one attached hydrogen (secondary N) is 1. The number of allylic oxidation sites excluding steroid dienone is 1. The van der Waals surface area contributed by atoms with Crippen molar-refractivity contribution < 1.29 is 19.1 Å². The van der Waals surface area contributed by atoms with E-state index in [0.29, 0.717) is 39.4 Å². The number of rotatable bonds is 9. The van der Waals surface area contributed by atoms with E-state index < -0.39 is 5.97 Å². The van der Waals surface area contributed by atoms with Gasteiger partial charge in [-0.2, -0.15) is 0 Å². The van der Waals surface area contributed by atoms with E-state index in [2.05, 4.69) is 5.32 Å². The van der Waals surface area contributed by atoms with Crippen molar-refractivity contribution in [1.82, 2.24) is 9.80 Å². The molecule has 0 unspecified atom stereocenters. The minimum absolute atomic E-state index is 0.0475. The van der Waals surface area contributed by atoms with Crippen molar-refractivity contribution in [3.8, 4) is 0 Å². The van der Waals surface area contributed by atoms with Crippen LogP contribution in [-0.2, 0) is 20.9 Å². The van der Waals surface area contributed by atoms with E-state index in [1.165, 1.54) is 37.6 Å². The number of esters is 1. The lowest BCUT2D eigenvalue weighted by Gasteiger charge is -2.23. The molecule has 0 spiro atoms. The van der Waals surface area contributed by atoms with Crippen LogP contribution in [0.1, 0.15) is 42.3 Å². The molecule has 0 aromatic heterocycles. The average molecular weight is 613 g/mol. The van der Waals surface area contributed by atoms with Crippen molar-refractivity contribution in [2.24, 2.45) is 4.99 Å². The highest BCUT2D eigenvalue weighted by molar-refractivity contribution is 8.19. The summed E-state index contributed by atoms with van der Waals surface area (Å²) >= 11 is 2.73. The Hall–Kier alpha value is -4.28. The van der Waals surface area contributed by atoms with Crippen LogP contribution in [0.3, 0.4) is 0 Å². The number of carbonyl (C=O) groups excluding carboxylic acids is 3. The van der Waals surface area contributed by atoms with E-state index >= 15 is 0 Å². The molecule has 43 heavy (non-hydrogen) atoms. The number of carbonyl (C=O) groups is 3. The number of Topliss-reactive ketones (excluding diaryl/α,β-unsaturated/α-hetero) is 1. The zero-order valence-electron chi connectivity index (χ0n) is 24.4. The minimum atomic E-state index is -0.413. The van der Waals surface area contributed by atoms with E-state index in [4.69, 9.17) is 9.73 Å². The summed E-state index contributed by atoms with van der Waals surface area (Å²) < 4.78 is 5.04. The zero-order valence-corrected chi connectivity index (χ0v) is 26.1. The van der Waals surface area contributed by atoms with Crippen molar-refractivity contribution in [3.05, 3.63) is 110 Å². The highest BCUT2D eigenvalue weighted by Crippen LogP contribution is 2.50. The van der Waals surface area contributed by atoms with Gasteiger partial charge in [0.1, 0.15) is 16.5 Å². The van der Waals surface area contributed by atoms with Crippen LogP contribution in [0.5, 0.6) is 0 Å². The molecule has 1 fully saturated rings. The standard InChI is InChI=1S/C33H32N4O4S2/c1-5-34-26-17-16-25(21(2)38)18-27(26)35-33-37(19-23-12-8-6-9-13-23)31(40)30(43-33)32-36(20-28(39)41-4)29(22(3)42-32)24-14-10-7-11-15-24/h6-18,34H,5,19-20H2,1-4H3/b32-30-,35-33?. The van der Waals surface area contributed by atoms with Crippen LogP contribution in [-0.4, -0.2) is 52.8 Å². The van der Waals surface area contributed by atoms with Gasteiger partial charge in [0.05, 0.1) is 30.7 Å². The highest BCUT2D eigenvalue weighted by atomic mass is 32.2. The Morgan fingerprint density at radius 2 is 1.65 bits per heavy atom. The van der Waals surface area contributed by atoms with Crippen LogP contribution in [0.25, 0.3) is 5.70 Å². The Balaban J connectivity index is 1.64. The molecule has 8 nitrogen and oxygen atoms in total. The second-order valence-electron chi connectivity index (χ2n) is 9.86. The molecule has 1 saturated heterocycles. The van der Waals surface area contributed by atoms with Gasteiger partial charge in [-0.1, -0.05) is 72.4 Å². The molecule has 1 amide bonds. The van der Waals surface area contributed by atoms with Crippen LogP contribution in [0.2, 0.25) is 0 Å².